The Bertz CT molecular complexity index is 517. The van der Waals surface area contributed by atoms with Crippen molar-refractivity contribution in [2.24, 2.45) is 0 Å². The number of phenols is 1. The third-order valence-corrected chi connectivity index (χ3v) is 2.25. The number of ether oxygens (including phenoxy) is 1. The van der Waals surface area contributed by atoms with Gasteiger partial charge in [0, 0.05) is 0 Å². The minimum Gasteiger partial charge on any atom is -0.508 e. The highest BCUT2D eigenvalue weighted by atomic mass is 16.5. The van der Waals surface area contributed by atoms with Crippen LogP contribution in [0, 0.1) is 0 Å². The number of carbonyl (C=O) groups is 1. The number of methoxy groups -OCH3 is 1. The highest BCUT2D eigenvalue weighted by molar-refractivity contribution is 6.05. The first-order chi connectivity index (χ1) is 7.22. The first kappa shape index (κ1) is 9.52. The molecule has 0 saturated carbocycles. The first-order valence-electron chi connectivity index (χ1n) is 4.52. The zero-order chi connectivity index (χ0) is 10.8. The number of phenolic OH excluding ortho intramolecular Hbond substituents is 1. The van der Waals surface area contributed by atoms with Gasteiger partial charge < -0.3 is 9.84 Å². The number of carbonyl (C=O) groups excluding carboxylic acids is 1. The molecule has 76 valence electrons. The second kappa shape index (κ2) is 3.61. The van der Waals surface area contributed by atoms with Gasteiger partial charge in [0.2, 0.25) is 0 Å². The van der Waals surface area contributed by atoms with Crippen molar-refractivity contribution >= 4 is 16.7 Å². The quantitative estimate of drug-likeness (QED) is 0.722. The molecule has 0 aliphatic carbocycles. The molecule has 0 bridgehead atoms. The van der Waals surface area contributed by atoms with Gasteiger partial charge in [-0.1, -0.05) is 24.3 Å². The number of rotatable bonds is 1. The van der Waals surface area contributed by atoms with Crippen molar-refractivity contribution < 1.29 is 14.6 Å². The van der Waals surface area contributed by atoms with Crippen LogP contribution in [0.3, 0.4) is 0 Å². The van der Waals surface area contributed by atoms with Crippen molar-refractivity contribution in [2.75, 3.05) is 7.11 Å². The van der Waals surface area contributed by atoms with Crippen LogP contribution in [0.4, 0.5) is 0 Å². The van der Waals surface area contributed by atoms with Gasteiger partial charge in [-0.15, -0.1) is 0 Å². The summed E-state index contributed by atoms with van der Waals surface area (Å²) in [6.07, 6.45) is 0. The maximum Gasteiger partial charge on any atom is 0.338 e. The van der Waals surface area contributed by atoms with Gasteiger partial charge in [0.1, 0.15) is 5.75 Å². The Kier molecular flexibility index (Phi) is 2.29. The third kappa shape index (κ3) is 1.64. The van der Waals surface area contributed by atoms with Crippen LogP contribution in [0.1, 0.15) is 10.4 Å². The molecule has 0 heterocycles. The Morgan fingerprint density at radius 2 is 2.00 bits per heavy atom. The van der Waals surface area contributed by atoms with E-state index in [0.29, 0.717) is 5.56 Å². The Morgan fingerprint density at radius 1 is 1.27 bits per heavy atom. The van der Waals surface area contributed by atoms with Gasteiger partial charge in [-0.05, 0) is 22.9 Å². The average Bonchev–Trinajstić information content (AvgIpc) is 2.26. The van der Waals surface area contributed by atoms with Gasteiger partial charge in [-0.2, -0.15) is 0 Å². The fourth-order valence-electron chi connectivity index (χ4n) is 1.57. The molecule has 0 saturated heterocycles. The summed E-state index contributed by atoms with van der Waals surface area (Å²) in [5.41, 5.74) is 0.383. The molecule has 3 heteroatoms. The minimum atomic E-state index is -0.442. The van der Waals surface area contributed by atoms with Gasteiger partial charge in [0.25, 0.3) is 0 Å². The number of aromatic hydroxyl groups is 1. The summed E-state index contributed by atoms with van der Waals surface area (Å²) in [4.78, 5) is 11.4. The molecule has 2 rings (SSSR count). The predicted molar refractivity (Wildman–Crippen MR) is 57.0 cm³/mol. The van der Waals surface area contributed by atoms with Crippen molar-refractivity contribution in [3.8, 4) is 5.75 Å². The summed E-state index contributed by atoms with van der Waals surface area (Å²) < 4.78 is 4.65. The lowest BCUT2D eigenvalue weighted by Gasteiger charge is -2.05. The molecule has 15 heavy (non-hydrogen) atoms. The SMILES string of the molecule is COC(=O)c1cc(O)cc2ccccc12. The number of hydrogen-bond donors (Lipinski definition) is 1. The summed E-state index contributed by atoms with van der Waals surface area (Å²) >= 11 is 0. The second-order valence-electron chi connectivity index (χ2n) is 3.21. The summed E-state index contributed by atoms with van der Waals surface area (Å²) in [6.45, 7) is 0. The molecule has 0 amide bonds. The number of benzene rings is 2. The lowest BCUT2D eigenvalue weighted by atomic mass is 10.0. The second-order valence-corrected chi connectivity index (χ2v) is 3.21. The normalized spacial score (nSPS) is 10.2. The minimum absolute atomic E-state index is 0.0640. The van der Waals surface area contributed by atoms with E-state index in [9.17, 15) is 9.90 Å². The molecule has 2 aromatic carbocycles. The molecule has 1 N–H and O–H groups in total. The lowest BCUT2D eigenvalue weighted by molar-refractivity contribution is 0.0602. The lowest BCUT2D eigenvalue weighted by Crippen LogP contribution is -2.01. The molecule has 0 aliphatic heterocycles. The Morgan fingerprint density at radius 3 is 2.73 bits per heavy atom. The van der Waals surface area contributed by atoms with Crippen LogP contribution in [0.5, 0.6) is 5.75 Å². The van der Waals surface area contributed by atoms with Crippen molar-refractivity contribution in [2.45, 2.75) is 0 Å². The van der Waals surface area contributed by atoms with E-state index in [1.54, 1.807) is 6.07 Å². The summed E-state index contributed by atoms with van der Waals surface area (Å²) in [5.74, 6) is -0.379. The predicted octanol–water partition coefficient (Wildman–Crippen LogP) is 2.33. The van der Waals surface area contributed by atoms with Crippen molar-refractivity contribution in [1.82, 2.24) is 0 Å². The molecule has 0 fully saturated rings. The third-order valence-electron chi connectivity index (χ3n) is 2.25. The smallest absolute Gasteiger partial charge is 0.338 e. The zero-order valence-corrected chi connectivity index (χ0v) is 8.23. The van der Waals surface area contributed by atoms with Crippen LogP contribution < -0.4 is 0 Å². The molecular weight excluding hydrogens is 192 g/mol. The molecule has 0 aliphatic rings. The summed E-state index contributed by atoms with van der Waals surface area (Å²) in [5, 5.41) is 11.0. The maximum atomic E-state index is 11.4. The van der Waals surface area contributed by atoms with E-state index in [1.165, 1.54) is 13.2 Å². The zero-order valence-electron chi connectivity index (χ0n) is 8.23. The van der Waals surface area contributed by atoms with E-state index in [4.69, 9.17) is 0 Å². The molecule has 0 radical (unpaired) electrons. The van der Waals surface area contributed by atoms with Gasteiger partial charge in [-0.25, -0.2) is 4.79 Å². The van der Waals surface area contributed by atoms with Gasteiger partial charge in [0.05, 0.1) is 12.7 Å². The Balaban J connectivity index is 2.76. The van der Waals surface area contributed by atoms with E-state index in [2.05, 4.69) is 4.74 Å². The summed E-state index contributed by atoms with van der Waals surface area (Å²) in [7, 11) is 1.32. The fourth-order valence-corrected chi connectivity index (χ4v) is 1.57. The van der Waals surface area contributed by atoms with Crippen molar-refractivity contribution in [3.05, 3.63) is 42.0 Å². The summed E-state index contributed by atoms with van der Waals surface area (Å²) in [6, 6.07) is 10.4. The van der Waals surface area contributed by atoms with Crippen molar-refractivity contribution in [3.63, 3.8) is 0 Å². The van der Waals surface area contributed by atoms with E-state index < -0.39 is 5.97 Å². The molecule has 2 aromatic rings. The van der Waals surface area contributed by atoms with Gasteiger partial charge in [0.15, 0.2) is 0 Å². The van der Waals surface area contributed by atoms with Crippen molar-refractivity contribution in [1.29, 1.82) is 0 Å². The highest BCUT2D eigenvalue weighted by Gasteiger charge is 2.11. The molecule has 0 aromatic heterocycles. The van der Waals surface area contributed by atoms with E-state index in [1.807, 2.05) is 24.3 Å². The standard InChI is InChI=1S/C12H10O3/c1-15-12(14)11-7-9(13)6-8-4-2-3-5-10(8)11/h2-7,13H,1H3. The highest BCUT2D eigenvalue weighted by Crippen LogP contribution is 2.24. The molecule has 3 nitrogen and oxygen atoms in total. The number of hydrogen-bond acceptors (Lipinski definition) is 3. The van der Waals surface area contributed by atoms with E-state index in [0.717, 1.165) is 10.8 Å². The Hall–Kier alpha value is -2.03. The van der Waals surface area contributed by atoms with Crippen LogP contribution in [-0.4, -0.2) is 18.2 Å². The molecule has 0 unspecified atom stereocenters. The largest absolute Gasteiger partial charge is 0.508 e. The van der Waals surface area contributed by atoms with Crippen LogP contribution >= 0.6 is 0 Å². The Labute approximate surface area is 86.9 Å². The maximum absolute atomic E-state index is 11.4. The van der Waals surface area contributed by atoms with E-state index >= 15 is 0 Å². The molecule has 0 atom stereocenters. The van der Waals surface area contributed by atoms with Crippen LogP contribution in [-0.2, 0) is 4.74 Å². The molecular formula is C12H10O3. The molecule has 0 spiro atoms. The van der Waals surface area contributed by atoms with Crippen LogP contribution in [0.15, 0.2) is 36.4 Å². The first-order valence-corrected chi connectivity index (χ1v) is 4.52. The average molecular weight is 202 g/mol. The number of esters is 1. The number of fused-ring (bicyclic) bond motifs is 1. The topological polar surface area (TPSA) is 46.5 Å². The van der Waals surface area contributed by atoms with Crippen LogP contribution in [0.2, 0.25) is 0 Å². The van der Waals surface area contributed by atoms with Gasteiger partial charge >= 0.3 is 5.97 Å². The van der Waals surface area contributed by atoms with Crippen LogP contribution in [0.25, 0.3) is 10.8 Å². The monoisotopic (exact) mass is 202 g/mol. The fraction of sp³-hybridized carbons (Fsp3) is 0.0833. The van der Waals surface area contributed by atoms with Gasteiger partial charge in [-0.3, -0.25) is 0 Å². The van der Waals surface area contributed by atoms with E-state index in [-0.39, 0.29) is 5.75 Å².